The first-order valence-electron chi connectivity index (χ1n) is 12.3. The molecule has 2 aliphatic rings. The first kappa shape index (κ1) is 28.6. The van der Waals surface area contributed by atoms with E-state index in [2.05, 4.69) is 4.98 Å². The smallest absolute Gasteiger partial charge is 0.370 e. The monoisotopic (exact) mass is 576 g/mol. The van der Waals surface area contributed by atoms with Crippen molar-refractivity contribution in [2.45, 2.75) is 31.3 Å². The van der Waals surface area contributed by atoms with Crippen molar-refractivity contribution in [1.82, 2.24) is 9.29 Å². The summed E-state index contributed by atoms with van der Waals surface area (Å²) in [4.78, 5) is 7.34. The molecule has 2 aliphatic heterocycles. The van der Waals surface area contributed by atoms with Gasteiger partial charge >= 0.3 is 6.18 Å². The zero-order chi connectivity index (χ0) is 27.7. The number of anilines is 2. The fourth-order valence-electron chi connectivity index (χ4n) is 4.88. The quantitative estimate of drug-likeness (QED) is 0.442. The van der Waals surface area contributed by atoms with Crippen LogP contribution in [0.4, 0.5) is 24.5 Å². The molecule has 210 valence electrons. The molecule has 38 heavy (non-hydrogen) atoms. The van der Waals surface area contributed by atoms with Crippen molar-refractivity contribution in [2.24, 2.45) is 5.92 Å². The number of aryl methyl sites for hydroxylation is 1. The lowest BCUT2D eigenvalue weighted by Crippen LogP contribution is -2.50. The second-order valence-electron chi connectivity index (χ2n) is 9.53. The molecular formula is C24H31F3N4O5S2. The summed E-state index contributed by atoms with van der Waals surface area (Å²) < 4.78 is 97.1. The summed E-state index contributed by atoms with van der Waals surface area (Å²) in [6.07, 6.45) is -1.81. The number of pyridine rings is 1. The van der Waals surface area contributed by atoms with Gasteiger partial charge in [-0.3, -0.25) is 9.17 Å². The lowest BCUT2D eigenvalue weighted by molar-refractivity contribution is -0.137. The Labute approximate surface area is 221 Å². The van der Waals surface area contributed by atoms with Gasteiger partial charge in [0.2, 0.25) is 10.0 Å². The van der Waals surface area contributed by atoms with Crippen molar-refractivity contribution >= 4 is 31.5 Å². The highest BCUT2D eigenvalue weighted by atomic mass is 32.2. The van der Waals surface area contributed by atoms with E-state index in [1.165, 1.54) is 16.6 Å². The van der Waals surface area contributed by atoms with Crippen LogP contribution in [0, 0.1) is 12.8 Å². The molecule has 0 saturated carbocycles. The Bertz CT molecular complexity index is 1360. The SMILES string of the molecule is CCOS(=O)(=O)c1ccc(C)cc1N1CCC(CS(=O)(=O)N2CCN(c3cncc(C(F)(F)F)c3)CC2)C1. The summed E-state index contributed by atoms with van der Waals surface area (Å²) in [6, 6.07) is 6.00. The molecule has 0 N–H and O–H groups in total. The molecule has 2 saturated heterocycles. The number of hydrogen-bond donors (Lipinski definition) is 0. The highest BCUT2D eigenvalue weighted by molar-refractivity contribution is 7.89. The Hall–Kier alpha value is -2.42. The summed E-state index contributed by atoms with van der Waals surface area (Å²) in [7, 11) is -7.57. The maximum atomic E-state index is 13.2. The summed E-state index contributed by atoms with van der Waals surface area (Å²) in [5, 5.41) is 0. The lowest BCUT2D eigenvalue weighted by atomic mass is 10.1. The van der Waals surface area contributed by atoms with E-state index in [0.717, 1.165) is 17.8 Å². The Kier molecular flexibility index (Phi) is 8.26. The van der Waals surface area contributed by atoms with E-state index in [1.807, 2.05) is 11.8 Å². The fourth-order valence-corrected chi connectivity index (χ4v) is 7.79. The van der Waals surface area contributed by atoms with Crippen molar-refractivity contribution < 1.29 is 34.2 Å². The lowest BCUT2D eigenvalue weighted by Gasteiger charge is -2.35. The third-order valence-corrected chi connectivity index (χ3v) is 10.3. The average Bonchev–Trinajstić information content (AvgIpc) is 3.31. The van der Waals surface area contributed by atoms with Crippen LogP contribution in [0.25, 0.3) is 0 Å². The molecule has 3 heterocycles. The molecule has 0 amide bonds. The van der Waals surface area contributed by atoms with Crippen molar-refractivity contribution in [3.63, 3.8) is 0 Å². The van der Waals surface area contributed by atoms with Gasteiger partial charge in [0, 0.05) is 45.5 Å². The van der Waals surface area contributed by atoms with Crippen molar-refractivity contribution in [3.8, 4) is 0 Å². The van der Waals surface area contributed by atoms with Crippen LogP contribution in [0.1, 0.15) is 24.5 Å². The number of sulfonamides is 1. The maximum Gasteiger partial charge on any atom is 0.417 e. The highest BCUT2D eigenvalue weighted by Gasteiger charge is 2.35. The van der Waals surface area contributed by atoms with Crippen LogP contribution in [0.5, 0.6) is 0 Å². The molecule has 0 spiro atoms. The molecule has 1 atom stereocenters. The van der Waals surface area contributed by atoms with Crippen molar-refractivity contribution in [3.05, 3.63) is 47.8 Å². The normalized spacial score (nSPS) is 19.8. The second kappa shape index (κ2) is 11.0. The number of aromatic nitrogens is 1. The predicted molar refractivity (Wildman–Crippen MR) is 137 cm³/mol. The van der Waals surface area contributed by atoms with Gasteiger partial charge in [-0.25, -0.2) is 8.42 Å². The van der Waals surface area contributed by atoms with Crippen LogP contribution in [-0.4, -0.2) is 77.8 Å². The van der Waals surface area contributed by atoms with E-state index in [1.54, 1.807) is 24.0 Å². The predicted octanol–water partition coefficient (Wildman–Crippen LogP) is 3.11. The zero-order valence-electron chi connectivity index (χ0n) is 21.2. The zero-order valence-corrected chi connectivity index (χ0v) is 22.8. The summed E-state index contributed by atoms with van der Waals surface area (Å²) >= 11 is 0. The number of halogens is 3. The van der Waals surface area contributed by atoms with Crippen molar-refractivity contribution in [1.29, 1.82) is 0 Å². The number of piperazine rings is 1. The van der Waals surface area contributed by atoms with Gasteiger partial charge in [0.1, 0.15) is 4.90 Å². The van der Waals surface area contributed by atoms with Crippen molar-refractivity contribution in [2.75, 3.05) is 61.4 Å². The molecule has 4 rings (SSSR count). The van der Waals surface area contributed by atoms with Crippen LogP contribution >= 0.6 is 0 Å². The van der Waals surface area contributed by atoms with E-state index in [0.29, 0.717) is 30.9 Å². The minimum Gasteiger partial charge on any atom is -0.370 e. The van der Waals surface area contributed by atoms with Gasteiger partial charge in [0.15, 0.2) is 0 Å². The molecule has 14 heteroatoms. The molecule has 0 bridgehead atoms. The fraction of sp³-hybridized carbons (Fsp3) is 0.542. The van der Waals surface area contributed by atoms with Crippen LogP contribution in [-0.2, 0) is 30.5 Å². The second-order valence-corrected chi connectivity index (χ2v) is 13.1. The first-order chi connectivity index (χ1) is 17.8. The molecule has 1 aromatic carbocycles. The van der Waals surface area contributed by atoms with Crippen LogP contribution in [0.15, 0.2) is 41.6 Å². The molecule has 1 aromatic heterocycles. The van der Waals surface area contributed by atoms with E-state index in [9.17, 15) is 30.0 Å². The molecular weight excluding hydrogens is 545 g/mol. The van der Waals surface area contributed by atoms with Gasteiger partial charge in [0.25, 0.3) is 10.1 Å². The summed E-state index contributed by atoms with van der Waals surface area (Å²) in [6.45, 7) is 5.16. The molecule has 9 nitrogen and oxygen atoms in total. The Morgan fingerprint density at radius 1 is 1.00 bits per heavy atom. The van der Waals surface area contributed by atoms with Gasteiger partial charge in [-0.15, -0.1) is 0 Å². The van der Waals surface area contributed by atoms with Gasteiger partial charge < -0.3 is 9.80 Å². The van der Waals surface area contributed by atoms with E-state index >= 15 is 0 Å². The number of rotatable bonds is 8. The Morgan fingerprint density at radius 2 is 1.71 bits per heavy atom. The number of alkyl halides is 3. The third kappa shape index (κ3) is 6.41. The van der Waals surface area contributed by atoms with Gasteiger partial charge in [0.05, 0.1) is 35.5 Å². The largest absolute Gasteiger partial charge is 0.417 e. The number of nitrogens with zero attached hydrogens (tertiary/aromatic N) is 4. The minimum atomic E-state index is -4.50. The molecule has 2 aromatic rings. The molecule has 1 unspecified atom stereocenters. The highest BCUT2D eigenvalue weighted by Crippen LogP contribution is 2.34. The van der Waals surface area contributed by atoms with E-state index in [-0.39, 0.29) is 49.4 Å². The number of hydrogen-bond acceptors (Lipinski definition) is 8. The molecule has 0 radical (unpaired) electrons. The Balaban J connectivity index is 1.39. The maximum absolute atomic E-state index is 13.2. The average molecular weight is 577 g/mol. The van der Waals surface area contributed by atoms with E-state index < -0.39 is 31.9 Å². The minimum absolute atomic E-state index is 0.00799. The standard InChI is InChI=1S/C24H31F3N4O5S2/c1-3-36-38(34,35)23-5-4-18(2)12-22(23)30-7-6-19(16-30)17-37(32,33)31-10-8-29(9-11-31)21-13-20(14-28-15-21)24(25,26)27/h4-5,12-15,19H,3,6-11,16-17H2,1-2H3. The number of benzene rings is 1. The van der Waals surface area contributed by atoms with Crippen LogP contribution < -0.4 is 9.80 Å². The molecule has 2 fully saturated rings. The molecule has 0 aliphatic carbocycles. The van der Waals surface area contributed by atoms with E-state index in [4.69, 9.17) is 4.18 Å². The Morgan fingerprint density at radius 3 is 2.37 bits per heavy atom. The summed E-state index contributed by atoms with van der Waals surface area (Å²) in [5.41, 5.74) is 0.836. The van der Waals surface area contributed by atoms with Crippen LogP contribution in [0.2, 0.25) is 0 Å². The van der Waals surface area contributed by atoms with Gasteiger partial charge in [-0.1, -0.05) is 6.07 Å². The van der Waals surface area contributed by atoms with Gasteiger partial charge in [-0.2, -0.15) is 25.9 Å². The third-order valence-electron chi connectivity index (χ3n) is 6.78. The van der Waals surface area contributed by atoms with Gasteiger partial charge in [-0.05, 0) is 49.9 Å². The topological polar surface area (TPSA) is 100 Å². The van der Waals surface area contributed by atoms with Crippen LogP contribution in [0.3, 0.4) is 0 Å². The first-order valence-corrected chi connectivity index (χ1v) is 15.3. The summed E-state index contributed by atoms with van der Waals surface area (Å²) in [5.74, 6) is -0.289.